The second kappa shape index (κ2) is 7.50. The van der Waals surface area contributed by atoms with Crippen LogP contribution in [0.2, 0.25) is 0 Å². The van der Waals surface area contributed by atoms with E-state index in [4.69, 9.17) is 14.7 Å². The Kier molecular flexibility index (Phi) is 4.67. The van der Waals surface area contributed by atoms with Crippen LogP contribution in [0.5, 0.6) is 0 Å². The molecule has 30 heavy (non-hydrogen) atoms. The molecule has 4 aromatic heterocycles. The van der Waals surface area contributed by atoms with E-state index < -0.39 is 0 Å². The summed E-state index contributed by atoms with van der Waals surface area (Å²) >= 11 is 0. The molecule has 0 amide bonds. The highest BCUT2D eigenvalue weighted by atomic mass is 16.5. The third-order valence-electron chi connectivity index (χ3n) is 5.76. The molecule has 1 aliphatic heterocycles. The van der Waals surface area contributed by atoms with Crippen LogP contribution in [0.1, 0.15) is 18.1 Å². The molecule has 7 heteroatoms. The van der Waals surface area contributed by atoms with Crippen molar-refractivity contribution in [3.8, 4) is 22.5 Å². The first kappa shape index (κ1) is 18.7. The van der Waals surface area contributed by atoms with Gasteiger partial charge in [-0.1, -0.05) is 0 Å². The summed E-state index contributed by atoms with van der Waals surface area (Å²) in [6, 6.07) is 6.42. The van der Waals surface area contributed by atoms with Crippen molar-refractivity contribution in [1.29, 1.82) is 0 Å². The Balaban J connectivity index is 1.85. The molecule has 7 nitrogen and oxygen atoms in total. The number of ether oxygens (including phenoxy) is 1. The minimum absolute atomic E-state index is 0.250. The summed E-state index contributed by atoms with van der Waals surface area (Å²) in [6.07, 6.45) is 7.42. The van der Waals surface area contributed by atoms with E-state index in [0.29, 0.717) is 13.2 Å². The normalized spacial score (nSPS) is 16.9. The Hall–Kier alpha value is -3.32. The standard InChI is InChI=1S/C23H24N6O/c1-14-4-6-24-12-18(14)17-10-20(29-8-9-30-13-16(29)3)27-23-21(17)15(2)11-25-22(23)19-5-7-26-28-19/h4-7,10-12,16H,8-9,13H2,1-3H3,(H,26,28)/t16-/m1/s1. The van der Waals surface area contributed by atoms with Crippen LogP contribution in [0.25, 0.3) is 33.4 Å². The van der Waals surface area contributed by atoms with Gasteiger partial charge in [0.2, 0.25) is 0 Å². The third-order valence-corrected chi connectivity index (χ3v) is 5.76. The molecule has 0 unspecified atom stereocenters. The van der Waals surface area contributed by atoms with Crippen molar-refractivity contribution in [2.75, 3.05) is 24.7 Å². The quantitative estimate of drug-likeness (QED) is 0.561. The number of anilines is 1. The van der Waals surface area contributed by atoms with Crippen LogP contribution >= 0.6 is 0 Å². The number of aromatic amines is 1. The molecule has 1 N–H and O–H groups in total. The Morgan fingerprint density at radius 3 is 2.77 bits per heavy atom. The number of rotatable bonds is 3. The number of hydrogen-bond acceptors (Lipinski definition) is 6. The van der Waals surface area contributed by atoms with Gasteiger partial charge < -0.3 is 9.64 Å². The molecular formula is C23H24N6O. The molecule has 1 fully saturated rings. The van der Waals surface area contributed by atoms with Crippen molar-refractivity contribution in [1.82, 2.24) is 25.1 Å². The number of hydrogen-bond donors (Lipinski definition) is 1. The summed E-state index contributed by atoms with van der Waals surface area (Å²) in [4.78, 5) is 16.6. The lowest BCUT2D eigenvalue weighted by atomic mass is 9.96. The summed E-state index contributed by atoms with van der Waals surface area (Å²) in [7, 11) is 0. The lowest BCUT2D eigenvalue weighted by molar-refractivity contribution is 0.0986. The maximum Gasteiger partial charge on any atom is 0.130 e. The second-order valence-electron chi connectivity index (χ2n) is 7.82. The zero-order valence-electron chi connectivity index (χ0n) is 17.4. The number of nitrogens with zero attached hydrogens (tertiary/aromatic N) is 5. The predicted octanol–water partition coefficient (Wildman–Crippen LogP) is 3.92. The monoisotopic (exact) mass is 400 g/mol. The predicted molar refractivity (Wildman–Crippen MR) is 117 cm³/mol. The largest absolute Gasteiger partial charge is 0.377 e. The van der Waals surface area contributed by atoms with E-state index in [1.54, 1.807) is 6.20 Å². The highest BCUT2D eigenvalue weighted by Gasteiger charge is 2.24. The van der Waals surface area contributed by atoms with E-state index in [1.165, 1.54) is 5.56 Å². The van der Waals surface area contributed by atoms with E-state index in [9.17, 15) is 0 Å². The van der Waals surface area contributed by atoms with Crippen LogP contribution in [0, 0.1) is 13.8 Å². The number of H-pyrrole nitrogens is 1. The SMILES string of the molecule is Cc1ccncc1-c1cc(N2CCOC[C@H]2C)nc2c(-c3ccn[nH]3)ncc(C)c12. The number of aryl methyl sites for hydroxylation is 2. The average Bonchev–Trinajstić information content (AvgIpc) is 3.29. The molecule has 5 rings (SSSR count). The molecule has 1 aliphatic rings. The fraction of sp³-hybridized carbons (Fsp3) is 0.304. The Morgan fingerprint density at radius 2 is 2.00 bits per heavy atom. The van der Waals surface area contributed by atoms with Crippen LogP contribution in [0.4, 0.5) is 5.82 Å². The molecule has 0 saturated carbocycles. The smallest absolute Gasteiger partial charge is 0.130 e. The minimum atomic E-state index is 0.250. The third kappa shape index (κ3) is 3.11. The van der Waals surface area contributed by atoms with Gasteiger partial charge >= 0.3 is 0 Å². The maximum atomic E-state index is 5.65. The van der Waals surface area contributed by atoms with Gasteiger partial charge in [-0.3, -0.25) is 15.1 Å². The van der Waals surface area contributed by atoms with Crippen LogP contribution in [0.15, 0.2) is 43.0 Å². The van der Waals surface area contributed by atoms with E-state index in [2.05, 4.69) is 46.9 Å². The number of fused-ring (bicyclic) bond motifs is 1. The van der Waals surface area contributed by atoms with Crippen molar-refractivity contribution >= 4 is 16.7 Å². The first-order chi connectivity index (χ1) is 14.6. The van der Waals surface area contributed by atoms with E-state index in [1.807, 2.05) is 30.7 Å². The van der Waals surface area contributed by atoms with E-state index in [0.717, 1.165) is 51.3 Å². The second-order valence-corrected chi connectivity index (χ2v) is 7.82. The average molecular weight is 400 g/mol. The summed E-state index contributed by atoms with van der Waals surface area (Å²) in [6.45, 7) is 8.58. The molecular weight excluding hydrogens is 376 g/mol. The molecule has 152 valence electrons. The van der Waals surface area contributed by atoms with Crippen LogP contribution < -0.4 is 4.90 Å². The summed E-state index contributed by atoms with van der Waals surface area (Å²) < 4.78 is 5.65. The van der Waals surface area contributed by atoms with Gasteiger partial charge in [0.1, 0.15) is 17.0 Å². The zero-order chi connectivity index (χ0) is 20.7. The minimum Gasteiger partial charge on any atom is -0.377 e. The van der Waals surface area contributed by atoms with Gasteiger partial charge in [-0.15, -0.1) is 0 Å². The molecule has 0 aromatic carbocycles. The van der Waals surface area contributed by atoms with Crippen molar-refractivity contribution in [2.24, 2.45) is 0 Å². The Labute approximate surface area is 175 Å². The van der Waals surface area contributed by atoms with E-state index >= 15 is 0 Å². The number of morpholine rings is 1. The van der Waals surface area contributed by atoms with Gasteiger partial charge in [-0.25, -0.2) is 4.98 Å². The zero-order valence-corrected chi connectivity index (χ0v) is 17.4. The fourth-order valence-electron chi connectivity index (χ4n) is 4.15. The van der Waals surface area contributed by atoms with Crippen LogP contribution in [-0.2, 0) is 4.74 Å². The first-order valence-electron chi connectivity index (χ1n) is 10.2. The van der Waals surface area contributed by atoms with Gasteiger partial charge in [0.15, 0.2) is 0 Å². The number of nitrogens with one attached hydrogen (secondary N) is 1. The molecule has 0 radical (unpaired) electrons. The molecule has 4 aromatic rings. The fourth-order valence-corrected chi connectivity index (χ4v) is 4.15. The van der Waals surface area contributed by atoms with Gasteiger partial charge in [0, 0.05) is 42.3 Å². The highest BCUT2D eigenvalue weighted by molar-refractivity contribution is 6.03. The lowest BCUT2D eigenvalue weighted by Gasteiger charge is -2.34. The van der Waals surface area contributed by atoms with Gasteiger partial charge in [0.05, 0.1) is 24.9 Å². The van der Waals surface area contributed by atoms with E-state index in [-0.39, 0.29) is 6.04 Å². The van der Waals surface area contributed by atoms with Crippen molar-refractivity contribution in [3.05, 3.63) is 54.1 Å². The maximum absolute atomic E-state index is 5.65. The molecule has 0 aliphatic carbocycles. The lowest BCUT2D eigenvalue weighted by Crippen LogP contribution is -2.44. The van der Waals surface area contributed by atoms with Crippen LogP contribution in [0.3, 0.4) is 0 Å². The summed E-state index contributed by atoms with van der Waals surface area (Å²) in [5.74, 6) is 0.935. The molecule has 1 atom stereocenters. The van der Waals surface area contributed by atoms with Gasteiger partial charge in [-0.05, 0) is 55.7 Å². The number of aromatic nitrogens is 5. The molecule has 1 saturated heterocycles. The topological polar surface area (TPSA) is 79.8 Å². The highest BCUT2D eigenvalue weighted by Crippen LogP contribution is 2.38. The Bertz CT molecular complexity index is 1200. The van der Waals surface area contributed by atoms with Crippen molar-refractivity contribution < 1.29 is 4.74 Å². The van der Waals surface area contributed by atoms with Gasteiger partial charge in [0.25, 0.3) is 0 Å². The van der Waals surface area contributed by atoms with Crippen LogP contribution in [-0.4, -0.2) is 50.9 Å². The summed E-state index contributed by atoms with van der Waals surface area (Å²) in [5.41, 5.74) is 7.02. The number of pyridine rings is 3. The molecule has 0 bridgehead atoms. The van der Waals surface area contributed by atoms with Gasteiger partial charge in [-0.2, -0.15) is 5.10 Å². The Morgan fingerprint density at radius 1 is 1.10 bits per heavy atom. The molecule has 5 heterocycles. The van der Waals surface area contributed by atoms with Crippen molar-refractivity contribution in [3.63, 3.8) is 0 Å². The summed E-state index contributed by atoms with van der Waals surface area (Å²) in [5, 5.41) is 8.26. The first-order valence-corrected chi connectivity index (χ1v) is 10.2. The molecule has 0 spiro atoms. The van der Waals surface area contributed by atoms with Crippen molar-refractivity contribution in [2.45, 2.75) is 26.8 Å².